The van der Waals surface area contributed by atoms with Gasteiger partial charge in [0.2, 0.25) is 0 Å². The van der Waals surface area contributed by atoms with Gasteiger partial charge in [-0.05, 0) is 82.6 Å². The second-order valence-corrected chi connectivity index (χ2v) is 12.6. The predicted molar refractivity (Wildman–Crippen MR) is 206 cm³/mol. The largest absolute Gasteiger partial charge is 0.456 e. The summed E-state index contributed by atoms with van der Waals surface area (Å²) < 4.78 is 9.01. The Morgan fingerprint density at radius 3 is 1.92 bits per heavy atom. The summed E-state index contributed by atoms with van der Waals surface area (Å²) in [6.45, 7) is 0. The first-order valence-corrected chi connectivity index (χ1v) is 16.7. The van der Waals surface area contributed by atoms with Gasteiger partial charge in [-0.1, -0.05) is 115 Å². The standard InChI is InChI=1S/C46H30N2O/c1-3-13-31(14-4-1)32-17-11-20-36(27-32)47(37-25-26-39-41-28-33-15-7-8-16-34(33)29-44(41)49-45(39)30-37)43-24-12-22-40-38-21-9-10-23-42(38)48(46(40)43)35-18-5-2-6-19-35/h1-30H. The molecular formula is C46H30N2O. The molecule has 49 heavy (non-hydrogen) atoms. The maximum atomic E-state index is 6.61. The summed E-state index contributed by atoms with van der Waals surface area (Å²) in [6.07, 6.45) is 0. The first-order valence-electron chi connectivity index (χ1n) is 16.7. The van der Waals surface area contributed by atoms with Gasteiger partial charge in [-0.2, -0.15) is 0 Å². The van der Waals surface area contributed by atoms with Crippen molar-refractivity contribution in [1.29, 1.82) is 0 Å². The number of aromatic nitrogens is 1. The first-order chi connectivity index (χ1) is 24.3. The number of nitrogens with zero attached hydrogens (tertiary/aromatic N) is 2. The maximum Gasteiger partial charge on any atom is 0.137 e. The second kappa shape index (κ2) is 11.0. The molecule has 10 aromatic rings. The molecule has 2 heterocycles. The maximum absolute atomic E-state index is 6.61. The third-order valence-electron chi connectivity index (χ3n) is 9.72. The minimum atomic E-state index is 0.864. The minimum absolute atomic E-state index is 0.864. The monoisotopic (exact) mass is 626 g/mol. The number of rotatable bonds is 5. The third kappa shape index (κ3) is 4.44. The Hall–Kier alpha value is -6.58. The van der Waals surface area contributed by atoms with E-state index >= 15 is 0 Å². The number of anilines is 3. The van der Waals surface area contributed by atoms with E-state index in [0.717, 1.165) is 55.8 Å². The van der Waals surface area contributed by atoms with E-state index in [2.05, 4.69) is 191 Å². The molecule has 2 aromatic heterocycles. The highest BCUT2D eigenvalue weighted by Crippen LogP contribution is 2.45. The van der Waals surface area contributed by atoms with E-state index in [1.54, 1.807) is 0 Å². The van der Waals surface area contributed by atoms with Crippen molar-refractivity contribution in [3.8, 4) is 16.8 Å². The van der Waals surface area contributed by atoms with E-state index in [-0.39, 0.29) is 0 Å². The van der Waals surface area contributed by atoms with Crippen LogP contribution in [0.1, 0.15) is 0 Å². The van der Waals surface area contributed by atoms with Crippen molar-refractivity contribution in [2.75, 3.05) is 4.90 Å². The van der Waals surface area contributed by atoms with Crippen LogP contribution in [0.2, 0.25) is 0 Å². The SMILES string of the molecule is c1ccc(-c2cccc(N(c3ccc4c(c3)oc3cc5ccccc5cc34)c3cccc4c5ccccc5n(-c5ccccc5)c34)c2)cc1. The van der Waals surface area contributed by atoms with Crippen LogP contribution in [0.15, 0.2) is 186 Å². The van der Waals surface area contributed by atoms with Crippen LogP contribution in [-0.2, 0) is 0 Å². The van der Waals surface area contributed by atoms with Crippen LogP contribution in [0.25, 0.3) is 71.3 Å². The molecular weight excluding hydrogens is 597 g/mol. The summed E-state index contributed by atoms with van der Waals surface area (Å²) in [5.74, 6) is 0. The lowest BCUT2D eigenvalue weighted by Crippen LogP contribution is -2.11. The Labute approximate surface area is 283 Å². The molecule has 0 radical (unpaired) electrons. The zero-order valence-corrected chi connectivity index (χ0v) is 26.6. The molecule has 230 valence electrons. The molecule has 3 heteroatoms. The van der Waals surface area contributed by atoms with Crippen molar-refractivity contribution in [3.63, 3.8) is 0 Å². The molecule has 10 rings (SSSR count). The molecule has 0 fully saturated rings. The highest BCUT2D eigenvalue weighted by atomic mass is 16.3. The van der Waals surface area contributed by atoms with Crippen LogP contribution >= 0.6 is 0 Å². The smallest absolute Gasteiger partial charge is 0.137 e. The van der Waals surface area contributed by atoms with Crippen molar-refractivity contribution in [2.24, 2.45) is 0 Å². The lowest BCUT2D eigenvalue weighted by Gasteiger charge is -2.27. The van der Waals surface area contributed by atoms with E-state index in [1.807, 2.05) is 0 Å². The van der Waals surface area contributed by atoms with Gasteiger partial charge in [-0.15, -0.1) is 0 Å². The second-order valence-electron chi connectivity index (χ2n) is 12.6. The molecule has 0 bridgehead atoms. The lowest BCUT2D eigenvalue weighted by molar-refractivity contribution is 0.669. The first kappa shape index (κ1) is 27.5. The molecule has 0 aliphatic carbocycles. The molecule has 0 saturated carbocycles. The van der Waals surface area contributed by atoms with Crippen LogP contribution in [-0.4, -0.2) is 4.57 Å². The minimum Gasteiger partial charge on any atom is -0.456 e. The summed E-state index contributed by atoms with van der Waals surface area (Å²) in [4.78, 5) is 2.39. The summed E-state index contributed by atoms with van der Waals surface area (Å²) in [6, 6.07) is 65.0. The average Bonchev–Trinajstić information content (AvgIpc) is 3.70. The third-order valence-corrected chi connectivity index (χ3v) is 9.72. The number of furan rings is 1. The Bertz CT molecular complexity index is 2830. The number of benzene rings is 8. The highest BCUT2D eigenvalue weighted by Gasteiger charge is 2.22. The molecule has 0 spiro atoms. The fourth-order valence-corrected chi connectivity index (χ4v) is 7.50. The van der Waals surface area contributed by atoms with Crippen LogP contribution in [0.3, 0.4) is 0 Å². The number of para-hydroxylation sites is 3. The Morgan fingerprint density at radius 1 is 0.408 bits per heavy atom. The van der Waals surface area contributed by atoms with Crippen LogP contribution in [0.4, 0.5) is 17.1 Å². The van der Waals surface area contributed by atoms with Crippen LogP contribution in [0.5, 0.6) is 0 Å². The van der Waals surface area contributed by atoms with Gasteiger partial charge in [0.1, 0.15) is 11.2 Å². The molecule has 0 amide bonds. The predicted octanol–water partition coefficient (Wildman–Crippen LogP) is 13.0. The quantitative estimate of drug-likeness (QED) is 0.190. The fourth-order valence-electron chi connectivity index (χ4n) is 7.50. The van der Waals surface area contributed by atoms with Crippen molar-refractivity contribution >= 4 is 71.6 Å². The Morgan fingerprint density at radius 2 is 1.06 bits per heavy atom. The van der Waals surface area contributed by atoms with Crippen LogP contribution < -0.4 is 4.90 Å². The van der Waals surface area contributed by atoms with E-state index in [1.165, 1.54) is 32.6 Å². The van der Waals surface area contributed by atoms with E-state index in [4.69, 9.17) is 4.42 Å². The van der Waals surface area contributed by atoms with E-state index in [0.29, 0.717) is 0 Å². The Balaban J connectivity index is 1.27. The molecule has 0 aliphatic rings. The van der Waals surface area contributed by atoms with Gasteiger partial charge in [-0.25, -0.2) is 0 Å². The molecule has 0 atom stereocenters. The van der Waals surface area contributed by atoms with Gasteiger partial charge in [-0.3, -0.25) is 0 Å². The normalized spacial score (nSPS) is 11.7. The molecule has 0 saturated heterocycles. The van der Waals surface area contributed by atoms with Gasteiger partial charge in [0.25, 0.3) is 0 Å². The van der Waals surface area contributed by atoms with E-state index < -0.39 is 0 Å². The molecule has 0 unspecified atom stereocenters. The lowest BCUT2D eigenvalue weighted by atomic mass is 10.0. The molecule has 8 aromatic carbocycles. The highest BCUT2D eigenvalue weighted by molar-refractivity contribution is 6.15. The topological polar surface area (TPSA) is 21.3 Å². The molecule has 0 N–H and O–H groups in total. The van der Waals surface area contributed by atoms with Crippen LogP contribution in [0, 0.1) is 0 Å². The molecule has 0 aliphatic heterocycles. The van der Waals surface area contributed by atoms with Gasteiger partial charge >= 0.3 is 0 Å². The number of hydrogen-bond acceptors (Lipinski definition) is 2. The number of fused-ring (bicyclic) bond motifs is 7. The van der Waals surface area contributed by atoms with Gasteiger partial charge in [0.15, 0.2) is 0 Å². The zero-order chi connectivity index (χ0) is 32.3. The summed E-state index contributed by atoms with van der Waals surface area (Å²) >= 11 is 0. The number of hydrogen-bond donors (Lipinski definition) is 0. The zero-order valence-electron chi connectivity index (χ0n) is 26.6. The molecule has 3 nitrogen and oxygen atoms in total. The summed E-state index contributed by atoms with van der Waals surface area (Å²) in [5, 5.41) is 7.05. The van der Waals surface area contributed by atoms with Crippen molar-refractivity contribution < 1.29 is 4.42 Å². The summed E-state index contributed by atoms with van der Waals surface area (Å²) in [5.41, 5.74) is 10.7. The average molecular weight is 627 g/mol. The van der Waals surface area contributed by atoms with Crippen molar-refractivity contribution in [2.45, 2.75) is 0 Å². The fraction of sp³-hybridized carbons (Fsp3) is 0. The van der Waals surface area contributed by atoms with E-state index in [9.17, 15) is 0 Å². The van der Waals surface area contributed by atoms with Gasteiger partial charge < -0.3 is 13.9 Å². The van der Waals surface area contributed by atoms with Gasteiger partial charge in [0, 0.05) is 44.7 Å². The van der Waals surface area contributed by atoms with Crippen molar-refractivity contribution in [1.82, 2.24) is 4.57 Å². The van der Waals surface area contributed by atoms with Gasteiger partial charge in [0.05, 0.1) is 16.7 Å². The van der Waals surface area contributed by atoms with Crippen molar-refractivity contribution in [3.05, 3.63) is 182 Å². The summed E-state index contributed by atoms with van der Waals surface area (Å²) in [7, 11) is 0. The Kier molecular flexibility index (Phi) is 6.18.